The standard InChI is InChI=1S/C12H11N.4C2H6/c1-3-7-11(8-4-1)13-12-9-5-2-6-10-12;4*1-2/h1,3-10H,2H2;4*1-2H3. The number of benzene rings is 1. The fourth-order valence-electron chi connectivity index (χ4n) is 1.24. The van der Waals surface area contributed by atoms with Crippen LogP contribution in [0, 0.1) is 0 Å². The Labute approximate surface area is 133 Å². The fraction of sp³-hybridized carbons (Fsp3) is 0.450. The van der Waals surface area contributed by atoms with Crippen LogP contribution in [0.15, 0.2) is 59.6 Å². The van der Waals surface area contributed by atoms with Crippen molar-refractivity contribution in [2.24, 2.45) is 4.99 Å². The Balaban J connectivity index is -0.000000353. The summed E-state index contributed by atoms with van der Waals surface area (Å²) >= 11 is 0. The molecule has 0 fully saturated rings. The van der Waals surface area contributed by atoms with Gasteiger partial charge in [0.05, 0.1) is 11.4 Å². The second-order valence-corrected chi connectivity index (χ2v) is 2.91. The molecule has 0 heterocycles. The molecule has 0 radical (unpaired) electrons. The zero-order valence-electron chi connectivity index (χ0n) is 15.4. The van der Waals surface area contributed by atoms with Gasteiger partial charge in [-0.25, -0.2) is 4.99 Å². The molecule has 0 aromatic heterocycles. The molecule has 0 spiro atoms. The van der Waals surface area contributed by atoms with Crippen molar-refractivity contribution in [1.82, 2.24) is 0 Å². The van der Waals surface area contributed by atoms with E-state index in [0.29, 0.717) is 0 Å². The predicted octanol–water partition coefficient (Wildman–Crippen LogP) is 7.38. The van der Waals surface area contributed by atoms with Gasteiger partial charge in [0.15, 0.2) is 0 Å². The molecule has 0 amide bonds. The summed E-state index contributed by atoms with van der Waals surface area (Å²) in [7, 11) is 0. The maximum Gasteiger partial charge on any atom is 0.0636 e. The van der Waals surface area contributed by atoms with Gasteiger partial charge in [-0.1, -0.05) is 85.7 Å². The van der Waals surface area contributed by atoms with Crippen LogP contribution in [0.25, 0.3) is 0 Å². The lowest BCUT2D eigenvalue weighted by atomic mass is 10.2. The first-order valence-electron chi connectivity index (χ1n) is 8.42. The van der Waals surface area contributed by atoms with Crippen molar-refractivity contribution in [3.63, 3.8) is 0 Å². The van der Waals surface area contributed by atoms with E-state index < -0.39 is 0 Å². The summed E-state index contributed by atoms with van der Waals surface area (Å²) in [6.45, 7) is 16.0. The van der Waals surface area contributed by atoms with Crippen LogP contribution in [0.3, 0.4) is 0 Å². The average Bonchev–Trinajstić information content (AvgIpc) is 2.64. The molecule has 0 saturated carbocycles. The zero-order valence-corrected chi connectivity index (χ0v) is 15.4. The molecular weight excluding hydrogens is 254 g/mol. The van der Waals surface area contributed by atoms with Crippen molar-refractivity contribution in [1.29, 1.82) is 0 Å². The van der Waals surface area contributed by atoms with Crippen molar-refractivity contribution < 1.29 is 0 Å². The molecule has 0 N–H and O–H groups in total. The molecule has 1 aliphatic rings. The Morgan fingerprint density at radius 3 is 1.52 bits per heavy atom. The Hall–Kier alpha value is -1.63. The third-order valence-corrected chi connectivity index (χ3v) is 1.86. The van der Waals surface area contributed by atoms with Gasteiger partial charge in [0.2, 0.25) is 0 Å². The molecule has 0 atom stereocenters. The number of hydrogen-bond donors (Lipinski definition) is 0. The third-order valence-electron chi connectivity index (χ3n) is 1.86. The van der Waals surface area contributed by atoms with Crippen LogP contribution in [0.1, 0.15) is 61.8 Å². The molecule has 0 aliphatic heterocycles. The Morgan fingerprint density at radius 2 is 1.10 bits per heavy atom. The molecule has 0 bridgehead atoms. The maximum atomic E-state index is 4.46. The van der Waals surface area contributed by atoms with Gasteiger partial charge in [0.1, 0.15) is 0 Å². The molecule has 1 aliphatic carbocycles. The van der Waals surface area contributed by atoms with Crippen LogP contribution >= 0.6 is 0 Å². The van der Waals surface area contributed by atoms with Crippen LogP contribution in [0.2, 0.25) is 0 Å². The number of rotatable bonds is 1. The van der Waals surface area contributed by atoms with Crippen molar-refractivity contribution in [2.75, 3.05) is 0 Å². The normalized spacial score (nSPS) is 10.2. The van der Waals surface area contributed by atoms with E-state index in [4.69, 9.17) is 0 Å². The minimum Gasteiger partial charge on any atom is -0.249 e. The minimum absolute atomic E-state index is 1.01. The van der Waals surface area contributed by atoms with Crippen LogP contribution < -0.4 is 0 Å². The van der Waals surface area contributed by atoms with Gasteiger partial charge in [-0.05, 0) is 30.7 Å². The van der Waals surface area contributed by atoms with Crippen LogP contribution in [0.5, 0.6) is 0 Å². The highest BCUT2D eigenvalue weighted by molar-refractivity contribution is 6.06. The quantitative estimate of drug-likeness (QED) is 0.511. The lowest BCUT2D eigenvalue weighted by Gasteiger charge is -1.98. The highest BCUT2D eigenvalue weighted by atomic mass is 14.7. The lowest BCUT2D eigenvalue weighted by Crippen LogP contribution is -1.89. The molecule has 120 valence electrons. The van der Waals surface area contributed by atoms with Gasteiger partial charge < -0.3 is 0 Å². The lowest BCUT2D eigenvalue weighted by molar-refractivity contribution is 1.38. The summed E-state index contributed by atoms with van der Waals surface area (Å²) in [5.41, 5.74) is 2.03. The summed E-state index contributed by atoms with van der Waals surface area (Å²) in [6.07, 6.45) is 9.34. The van der Waals surface area contributed by atoms with Gasteiger partial charge >= 0.3 is 0 Å². The number of nitrogens with zero attached hydrogens (tertiary/aromatic N) is 1. The fourth-order valence-corrected chi connectivity index (χ4v) is 1.24. The largest absolute Gasteiger partial charge is 0.249 e. The van der Waals surface area contributed by atoms with Crippen molar-refractivity contribution in [3.8, 4) is 0 Å². The Morgan fingerprint density at radius 1 is 0.667 bits per heavy atom. The monoisotopic (exact) mass is 289 g/mol. The summed E-state index contributed by atoms with van der Waals surface area (Å²) < 4.78 is 0. The molecule has 1 aromatic carbocycles. The molecule has 0 saturated heterocycles. The van der Waals surface area contributed by atoms with Crippen molar-refractivity contribution >= 4 is 11.4 Å². The van der Waals surface area contributed by atoms with E-state index in [-0.39, 0.29) is 0 Å². The number of para-hydroxylation sites is 1. The summed E-state index contributed by atoms with van der Waals surface area (Å²) in [5.74, 6) is 0. The van der Waals surface area contributed by atoms with E-state index in [1.165, 1.54) is 0 Å². The van der Waals surface area contributed by atoms with Crippen LogP contribution in [-0.2, 0) is 0 Å². The number of hydrogen-bond acceptors (Lipinski definition) is 1. The summed E-state index contributed by atoms with van der Waals surface area (Å²) in [5, 5.41) is 0. The van der Waals surface area contributed by atoms with Gasteiger partial charge in [0, 0.05) is 0 Å². The number of aliphatic imine (C=N–C) groups is 1. The first-order chi connectivity index (χ1) is 10.4. The molecule has 0 unspecified atom stereocenters. The first kappa shape index (κ1) is 24.4. The van der Waals surface area contributed by atoms with E-state index in [1.54, 1.807) is 0 Å². The SMILES string of the molecule is C1=CC(=Nc2ccccc2)C=CC1.CC.CC.CC.CC. The molecule has 1 nitrogen and oxygen atoms in total. The Bertz CT molecular complexity index is 345. The molecule has 1 aromatic rings. The van der Waals surface area contributed by atoms with Crippen LogP contribution in [0.4, 0.5) is 5.69 Å². The average molecular weight is 290 g/mol. The summed E-state index contributed by atoms with van der Waals surface area (Å²) in [6, 6.07) is 9.99. The molecule has 1 heteroatoms. The molecular formula is C20H35N. The van der Waals surface area contributed by atoms with E-state index in [9.17, 15) is 0 Å². The smallest absolute Gasteiger partial charge is 0.0636 e. The summed E-state index contributed by atoms with van der Waals surface area (Å²) in [4.78, 5) is 4.46. The van der Waals surface area contributed by atoms with Crippen molar-refractivity contribution in [3.05, 3.63) is 54.6 Å². The van der Waals surface area contributed by atoms with E-state index >= 15 is 0 Å². The highest BCUT2D eigenvalue weighted by Gasteiger charge is 1.92. The van der Waals surface area contributed by atoms with E-state index in [0.717, 1.165) is 17.8 Å². The topological polar surface area (TPSA) is 12.4 Å². The first-order valence-corrected chi connectivity index (χ1v) is 8.42. The maximum absolute atomic E-state index is 4.46. The van der Waals surface area contributed by atoms with Gasteiger partial charge in [-0.3, -0.25) is 0 Å². The van der Waals surface area contributed by atoms with Gasteiger partial charge in [-0.15, -0.1) is 0 Å². The minimum atomic E-state index is 1.01. The number of allylic oxidation sites excluding steroid dienone is 4. The highest BCUT2D eigenvalue weighted by Crippen LogP contribution is 2.12. The van der Waals surface area contributed by atoms with Crippen LogP contribution in [-0.4, -0.2) is 5.71 Å². The second-order valence-electron chi connectivity index (χ2n) is 2.91. The predicted molar refractivity (Wildman–Crippen MR) is 102 cm³/mol. The van der Waals surface area contributed by atoms with Gasteiger partial charge in [-0.2, -0.15) is 0 Å². The second kappa shape index (κ2) is 23.5. The molecule has 21 heavy (non-hydrogen) atoms. The molecule has 2 rings (SSSR count). The van der Waals surface area contributed by atoms with E-state index in [1.807, 2.05) is 97.9 Å². The zero-order chi connectivity index (χ0) is 16.9. The van der Waals surface area contributed by atoms with Gasteiger partial charge in [0.25, 0.3) is 0 Å². The van der Waals surface area contributed by atoms with Crippen molar-refractivity contribution in [2.45, 2.75) is 61.8 Å². The Kier molecular flexibility index (Phi) is 27.3. The van der Waals surface area contributed by atoms with E-state index in [2.05, 4.69) is 17.1 Å². The third kappa shape index (κ3) is 14.6.